The number of ether oxygens (including phenoxy) is 1. The van der Waals surface area contributed by atoms with Crippen LogP contribution in [0.1, 0.15) is 11.1 Å². The van der Waals surface area contributed by atoms with E-state index in [1.165, 1.54) is 5.56 Å². The van der Waals surface area contributed by atoms with Crippen molar-refractivity contribution < 1.29 is 13.5 Å². The van der Waals surface area contributed by atoms with Crippen molar-refractivity contribution in [3.8, 4) is 5.75 Å². The summed E-state index contributed by atoms with van der Waals surface area (Å²) in [6.45, 7) is -0.899. The monoisotopic (exact) mass is 213 g/mol. The topological polar surface area (TPSA) is 12.5 Å². The molecule has 0 saturated carbocycles. The summed E-state index contributed by atoms with van der Waals surface area (Å²) in [5, 5.41) is 0. The molecule has 1 aromatic rings. The van der Waals surface area contributed by atoms with Crippen LogP contribution in [0.4, 0.5) is 8.78 Å². The van der Waals surface area contributed by atoms with Crippen LogP contribution in [0.15, 0.2) is 18.2 Å². The van der Waals surface area contributed by atoms with E-state index < -0.39 is 6.61 Å². The summed E-state index contributed by atoms with van der Waals surface area (Å²) in [6, 6.07) is 5.18. The van der Waals surface area contributed by atoms with Crippen LogP contribution in [0.5, 0.6) is 5.75 Å². The quantitative estimate of drug-likeness (QED) is 0.747. The minimum Gasteiger partial charge on any atom is -0.435 e. The van der Waals surface area contributed by atoms with E-state index in [9.17, 15) is 8.78 Å². The minimum absolute atomic E-state index is 0.258. The summed E-state index contributed by atoms with van der Waals surface area (Å²) >= 11 is 0. The molecule has 2 nitrogen and oxygen atoms in total. The maximum atomic E-state index is 12.0. The molecule has 0 unspecified atom stereocenters. The van der Waals surface area contributed by atoms with Gasteiger partial charge in [-0.3, -0.25) is 0 Å². The van der Waals surface area contributed by atoms with Gasteiger partial charge < -0.3 is 9.64 Å². The summed E-state index contributed by atoms with van der Waals surface area (Å²) in [5.74, 6) is 0.258. The third-order valence-electron chi connectivity index (χ3n) is 2.61. The van der Waals surface area contributed by atoms with Crippen LogP contribution in [0.2, 0.25) is 0 Å². The van der Waals surface area contributed by atoms with E-state index in [1.807, 2.05) is 13.1 Å². The van der Waals surface area contributed by atoms with Crippen molar-refractivity contribution in [2.45, 2.75) is 19.6 Å². The van der Waals surface area contributed by atoms with E-state index >= 15 is 0 Å². The molecule has 0 N–H and O–H groups in total. The highest BCUT2D eigenvalue weighted by Gasteiger charge is 2.14. The van der Waals surface area contributed by atoms with E-state index in [-0.39, 0.29) is 5.75 Å². The predicted molar refractivity (Wildman–Crippen MR) is 53.1 cm³/mol. The third kappa shape index (κ3) is 2.45. The molecule has 0 spiro atoms. The van der Waals surface area contributed by atoms with E-state index in [0.717, 1.165) is 25.1 Å². The van der Waals surface area contributed by atoms with Gasteiger partial charge in [-0.1, -0.05) is 6.07 Å². The van der Waals surface area contributed by atoms with Crippen LogP contribution in [0, 0.1) is 0 Å². The zero-order chi connectivity index (χ0) is 10.8. The first-order valence-corrected chi connectivity index (χ1v) is 4.90. The molecule has 1 aliphatic rings. The lowest BCUT2D eigenvalue weighted by Gasteiger charge is -2.25. The van der Waals surface area contributed by atoms with Crippen molar-refractivity contribution >= 4 is 0 Å². The number of nitrogens with zero attached hydrogens (tertiary/aromatic N) is 1. The molecule has 0 saturated heterocycles. The van der Waals surface area contributed by atoms with E-state index in [0.29, 0.717) is 0 Å². The van der Waals surface area contributed by atoms with Crippen LogP contribution in [-0.4, -0.2) is 25.1 Å². The lowest BCUT2D eigenvalue weighted by molar-refractivity contribution is -0.0499. The van der Waals surface area contributed by atoms with E-state index in [1.54, 1.807) is 12.1 Å². The lowest BCUT2D eigenvalue weighted by atomic mass is 10.00. The second-order valence-corrected chi connectivity index (χ2v) is 3.80. The molecule has 2 rings (SSSR count). The van der Waals surface area contributed by atoms with Crippen molar-refractivity contribution in [2.24, 2.45) is 0 Å². The Labute approximate surface area is 87.5 Å². The summed E-state index contributed by atoms with van der Waals surface area (Å²) in [5.41, 5.74) is 2.32. The second-order valence-electron chi connectivity index (χ2n) is 3.80. The zero-order valence-corrected chi connectivity index (χ0v) is 8.54. The minimum atomic E-state index is -2.74. The Kier molecular flexibility index (Phi) is 2.86. The van der Waals surface area contributed by atoms with Crippen LogP contribution in [0.25, 0.3) is 0 Å². The van der Waals surface area contributed by atoms with Gasteiger partial charge >= 0.3 is 6.61 Å². The van der Waals surface area contributed by atoms with Crippen LogP contribution < -0.4 is 4.74 Å². The number of rotatable bonds is 2. The van der Waals surface area contributed by atoms with Crippen molar-refractivity contribution in [1.29, 1.82) is 0 Å². The number of halogens is 2. The molecule has 0 fully saturated rings. The van der Waals surface area contributed by atoms with Gasteiger partial charge in [-0.2, -0.15) is 8.78 Å². The first-order chi connectivity index (χ1) is 7.15. The highest BCUT2D eigenvalue weighted by Crippen LogP contribution is 2.24. The summed E-state index contributed by atoms with van der Waals surface area (Å²) < 4.78 is 28.3. The van der Waals surface area contributed by atoms with Gasteiger partial charge in [0.25, 0.3) is 0 Å². The van der Waals surface area contributed by atoms with Crippen molar-refractivity contribution in [1.82, 2.24) is 4.90 Å². The number of hydrogen-bond acceptors (Lipinski definition) is 2. The Balaban J connectivity index is 2.19. The first kappa shape index (κ1) is 10.4. The number of alkyl halides is 2. The number of fused-ring (bicyclic) bond motifs is 1. The smallest absolute Gasteiger partial charge is 0.387 e. The molecule has 0 aliphatic carbocycles. The number of benzene rings is 1. The summed E-state index contributed by atoms with van der Waals surface area (Å²) in [6.07, 6.45) is 0.895. The molecule has 15 heavy (non-hydrogen) atoms. The average molecular weight is 213 g/mol. The van der Waals surface area contributed by atoms with Crippen LogP contribution in [0.3, 0.4) is 0 Å². The maximum absolute atomic E-state index is 12.0. The lowest BCUT2D eigenvalue weighted by Crippen LogP contribution is -2.26. The summed E-state index contributed by atoms with van der Waals surface area (Å²) in [4.78, 5) is 2.20. The second kappa shape index (κ2) is 4.14. The Morgan fingerprint density at radius 1 is 1.33 bits per heavy atom. The SMILES string of the molecule is CN1CCc2cc(OC(F)F)ccc2C1. The molecule has 4 heteroatoms. The third-order valence-corrected chi connectivity index (χ3v) is 2.61. The molecular weight excluding hydrogens is 200 g/mol. The van der Waals surface area contributed by atoms with Crippen LogP contribution >= 0.6 is 0 Å². The molecule has 0 bridgehead atoms. The molecule has 0 aromatic heterocycles. The predicted octanol–water partition coefficient (Wildman–Crippen LogP) is 2.28. The Morgan fingerprint density at radius 2 is 2.13 bits per heavy atom. The van der Waals surface area contributed by atoms with Gasteiger partial charge in [-0.05, 0) is 36.7 Å². The van der Waals surface area contributed by atoms with Crippen molar-refractivity contribution in [3.63, 3.8) is 0 Å². The average Bonchev–Trinajstić information content (AvgIpc) is 2.17. The van der Waals surface area contributed by atoms with Gasteiger partial charge in [0.1, 0.15) is 5.75 Å². The highest BCUT2D eigenvalue weighted by atomic mass is 19.3. The molecule has 1 heterocycles. The Morgan fingerprint density at radius 3 is 2.87 bits per heavy atom. The standard InChI is InChI=1S/C11H13F2NO/c1-14-5-4-8-6-10(15-11(12)13)3-2-9(8)7-14/h2-3,6,11H,4-5,7H2,1H3. The van der Waals surface area contributed by atoms with Crippen LogP contribution in [-0.2, 0) is 13.0 Å². The van der Waals surface area contributed by atoms with Crippen molar-refractivity contribution in [3.05, 3.63) is 29.3 Å². The Bertz CT molecular complexity index is 354. The van der Waals surface area contributed by atoms with Gasteiger partial charge in [0.05, 0.1) is 0 Å². The zero-order valence-electron chi connectivity index (χ0n) is 8.54. The normalized spacial score (nSPS) is 16.5. The van der Waals surface area contributed by atoms with Gasteiger partial charge in [-0.25, -0.2) is 0 Å². The fraction of sp³-hybridized carbons (Fsp3) is 0.455. The maximum Gasteiger partial charge on any atom is 0.387 e. The molecule has 1 aromatic carbocycles. The van der Waals surface area contributed by atoms with E-state index in [4.69, 9.17) is 0 Å². The highest BCUT2D eigenvalue weighted by molar-refractivity contribution is 5.37. The largest absolute Gasteiger partial charge is 0.435 e. The van der Waals surface area contributed by atoms with Gasteiger partial charge in [0.2, 0.25) is 0 Å². The molecule has 0 radical (unpaired) electrons. The fourth-order valence-corrected chi connectivity index (χ4v) is 1.85. The molecule has 0 amide bonds. The van der Waals surface area contributed by atoms with Gasteiger partial charge in [-0.15, -0.1) is 0 Å². The fourth-order valence-electron chi connectivity index (χ4n) is 1.85. The number of hydrogen-bond donors (Lipinski definition) is 0. The molecule has 1 aliphatic heterocycles. The first-order valence-electron chi connectivity index (χ1n) is 4.90. The molecular formula is C11H13F2NO. The van der Waals surface area contributed by atoms with Gasteiger partial charge in [0, 0.05) is 13.1 Å². The summed E-state index contributed by atoms with van der Waals surface area (Å²) in [7, 11) is 2.05. The van der Waals surface area contributed by atoms with Crippen molar-refractivity contribution in [2.75, 3.05) is 13.6 Å². The molecule has 0 atom stereocenters. The Hall–Kier alpha value is -1.16. The molecule has 82 valence electrons. The van der Waals surface area contributed by atoms with Gasteiger partial charge in [0.15, 0.2) is 0 Å². The number of likely N-dealkylation sites (N-methyl/N-ethyl adjacent to an activating group) is 1. The van der Waals surface area contributed by atoms with E-state index in [2.05, 4.69) is 9.64 Å².